The molecule has 2 aromatic rings. The zero-order valence-corrected chi connectivity index (χ0v) is 16.3. The van der Waals surface area contributed by atoms with Crippen LogP contribution >= 0.6 is 15.9 Å². The van der Waals surface area contributed by atoms with Crippen molar-refractivity contribution in [3.8, 4) is 0 Å². The minimum Gasteiger partial charge on any atom is -0.381 e. The van der Waals surface area contributed by atoms with Crippen LogP contribution < -0.4 is 0 Å². The molecule has 0 aliphatic rings. The Bertz CT molecular complexity index is 809. The van der Waals surface area contributed by atoms with Crippen molar-refractivity contribution in [2.75, 3.05) is 18.9 Å². The Morgan fingerprint density at radius 2 is 1.79 bits per heavy atom. The Morgan fingerprint density at radius 3 is 2.33 bits per heavy atom. The predicted molar refractivity (Wildman–Crippen MR) is 97.7 cm³/mol. The second kappa shape index (κ2) is 7.31. The van der Waals surface area contributed by atoms with Crippen LogP contribution in [0.4, 0.5) is 0 Å². The molecule has 0 aliphatic heterocycles. The lowest BCUT2D eigenvalue weighted by Gasteiger charge is -2.30. The molecule has 1 aromatic carbocycles. The first-order valence-electron chi connectivity index (χ1n) is 7.44. The van der Waals surface area contributed by atoms with E-state index in [1.807, 2.05) is 19.9 Å². The zero-order valence-electron chi connectivity index (χ0n) is 13.9. The summed E-state index contributed by atoms with van der Waals surface area (Å²) in [6, 6.07) is 11.9. The van der Waals surface area contributed by atoms with Gasteiger partial charge < -0.3 is 5.11 Å². The van der Waals surface area contributed by atoms with Gasteiger partial charge >= 0.3 is 0 Å². The Hall–Kier alpha value is -1.28. The Balaban J connectivity index is 2.31. The number of alkyl halides is 1. The Kier molecular flexibility index (Phi) is 5.80. The number of hydrogen-bond acceptors (Lipinski definition) is 4. The van der Waals surface area contributed by atoms with Gasteiger partial charge in [-0.25, -0.2) is 8.42 Å². The molecule has 1 heterocycles. The van der Waals surface area contributed by atoms with Gasteiger partial charge in [0, 0.05) is 24.6 Å². The Morgan fingerprint density at radius 1 is 1.17 bits per heavy atom. The fourth-order valence-corrected chi connectivity index (χ4v) is 4.03. The minimum atomic E-state index is -3.69. The fourth-order valence-electron chi connectivity index (χ4n) is 2.34. The molecule has 130 valence electrons. The van der Waals surface area contributed by atoms with Gasteiger partial charge in [0.2, 0.25) is 10.0 Å². The summed E-state index contributed by atoms with van der Waals surface area (Å²) in [6.07, 6.45) is 0. The van der Waals surface area contributed by atoms with E-state index in [0.717, 1.165) is 15.6 Å². The average molecular weight is 413 g/mol. The smallest absolute Gasteiger partial charge is 0.242 e. The third-order valence-corrected chi connectivity index (χ3v) is 6.54. The van der Waals surface area contributed by atoms with Crippen molar-refractivity contribution in [1.82, 2.24) is 9.29 Å². The quantitative estimate of drug-likeness (QED) is 0.740. The number of sulfonamides is 1. The molecular formula is C17H21BrN2O3S. The molecule has 0 aliphatic carbocycles. The van der Waals surface area contributed by atoms with Crippen molar-refractivity contribution < 1.29 is 13.5 Å². The van der Waals surface area contributed by atoms with Crippen molar-refractivity contribution in [3.63, 3.8) is 0 Å². The van der Waals surface area contributed by atoms with Crippen LogP contribution in [0.1, 0.15) is 17.0 Å². The lowest BCUT2D eigenvalue weighted by molar-refractivity contribution is 0.0434. The highest BCUT2D eigenvalue weighted by Crippen LogP contribution is 2.26. The molecule has 0 spiro atoms. The molecule has 0 radical (unpaired) electrons. The number of nitrogens with zero attached hydrogens (tertiary/aromatic N) is 2. The third-order valence-electron chi connectivity index (χ3n) is 3.80. The summed E-state index contributed by atoms with van der Waals surface area (Å²) in [4.78, 5) is 4.53. The molecule has 0 amide bonds. The van der Waals surface area contributed by atoms with Gasteiger partial charge in [-0.15, -0.1) is 0 Å². The molecule has 24 heavy (non-hydrogen) atoms. The topological polar surface area (TPSA) is 70.5 Å². The van der Waals surface area contributed by atoms with E-state index in [9.17, 15) is 13.5 Å². The number of pyridine rings is 1. The number of rotatable bonds is 6. The van der Waals surface area contributed by atoms with E-state index in [4.69, 9.17) is 0 Å². The molecule has 0 saturated heterocycles. The molecule has 0 saturated carbocycles. The van der Waals surface area contributed by atoms with Crippen molar-refractivity contribution in [2.24, 2.45) is 0 Å². The van der Waals surface area contributed by atoms with E-state index in [1.165, 1.54) is 7.05 Å². The van der Waals surface area contributed by atoms with Gasteiger partial charge in [0.1, 0.15) is 5.60 Å². The Labute approximate surface area is 151 Å². The summed E-state index contributed by atoms with van der Waals surface area (Å²) in [5.41, 5.74) is 0.761. The van der Waals surface area contributed by atoms with Crippen LogP contribution in [0.5, 0.6) is 0 Å². The van der Waals surface area contributed by atoms with Gasteiger partial charge in [0.15, 0.2) is 0 Å². The average Bonchev–Trinajstić information content (AvgIpc) is 2.55. The van der Waals surface area contributed by atoms with Gasteiger partial charge in [-0.2, -0.15) is 4.31 Å². The largest absolute Gasteiger partial charge is 0.381 e. The first kappa shape index (κ1) is 19.1. The van der Waals surface area contributed by atoms with Crippen LogP contribution in [0.25, 0.3) is 0 Å². The second-order valence-electron chi connectivity index (χ2n) is 5.90. The van der Waals surface area contributed by atoms with Gasteiger partial charge in [-0.3, -0.25) is 4.98 Å². The highest BCUT2D eigenvalue weighted by molar-refractivity contribution is 9.09. The summed E-state index contributed by atoms with van der Waals surface area (Å²) >= 11 is 3.28. The number of likely N-dealkylation sites (N-methyl/N-ethyl adjacent to an activating group) is 1. The van der Waals surface area contributed by atoms with E-state index < -0.39 is 15.6 Å². The van der Waals surface area contributed by atoms with E-state index in [0.29, 0.717) is 5.69 Å². The molecular weight excluding hydrogens is 392 g/mol. The number of aliphatic hydroxyl groups is 1. The molecule has 0 fully saturated rings. The minimum absolute atomic E-state index is 0.106. The van der Waals surface area contributed by atoms with Crippen molar-refractivity contribution >= 4 is 26.0 Å². The zero-order chi connectivity index (χ0) is 18.0. The first-order valence-corrected chi connectivity index (χ1v) is 10.0. The maximum Gasteiger partial charge on any atom is 0.242 e. The van der Waals surface area contributed by atoms with Crippen LogP contribution in [0.2, 0.25) is 0 Å². The van der Waals surface area contributed by atoms with Crippen molar-refractivity contribution in [1.29, 1.82) is 0 Å². The number of hydrogen-bond donors (Lipinski definition) is 1. The number of benzene rings is 1. The van der Waals surface area contributed by atoms with Gasteiger partial charge in [-0.1, -0.05) is 39.7 Å². The monoisotopic (exact) mass is 412 g/mol. The van der Waals surface area contributed by atoms with E-state index in [2.05, 4.69) is 20.9 Å². The van der Waals surface area contributed by atoms with Gasteiger partial charge in [-0.05, 0) is 38.1 Å². The van der Waals surface area contributed by atoms with E-state index in [-0.39, 0.29) is 16.8 Å². The van der Waals surface area contributed by atoms with Gasteiger partial charge in [0.05, 0.1) is 10.6 Å². The van der Waals surface area contributed by atoms with Crippen molar-refractivity contribution in [3.05, 3.63) is 59.4 Å². The normalized spacial score (nSPS) is 14.6. The highest BCUT2D eigenvalue weighted by Gasteiger charge is 2.35. The first-order chi connectivity index (χ1) is 11.2. The van der Waals surface area contributed by atoms with Crippen LogP contribution in [0, 0.1) is 13.8 Å². The molecule has 2 rings (SSSR count). The summed E-state index contributed by atoms with van der Waals surface area (Å²) in [5, 5.41) is 11.1. The predicted octanol–water partition coefficient (Wildman–Crippen LogP) is 2.60. The maximum atomic E-state index is 12.7. The number of halogens is 1. The SMILES string of the molecule is Cc1ccc(S(=O)(=O)N(C)CC(O)(CBr)c2cccc(C)n2)cc1. The molecule has 0 bridgehead atoms. The lowest BCUT2D eigenvalue weighted by atomic mass is 10.0. The molecule has 5 nitrogen and oxygen atoms in total. The summed E-state index contributed by atoms with van der Waals surface area (Å²) < 4.78 is 26.6. The molecule has 1 N–H and O–H groups in total. The van der Waals surface area contributed by atoms with Crippen molar-refractivity contribution in [2.45, 2.75) is 24.3 Å². The summed E-state index contributed by atoms with van der Waals surface area (Å²) in [5.74, 6) is 0. The summed E-state index contributed by atoms with van der Waals surface area (Å²) in [7, 11) is -2.24. The van der Waals surface area contributed by atoms with Crippen LogP contribution in [0.3, 0.4) is 0 Å². The highest BCUT2D eigenvalue weighted by atomic mass is 79.9. The maximum absolute atomic E-state index is 12.7. The molecule has 1 aromatic heterocycles. The van der Waals surface area contributed by atoms with Crippen LogP contribution in [0.15, 0.2) is 47.4 Å². The van der Waals surface area contributed by atoms with Crippen LogP contribution in [-0.4, -0.2) is 41.7 Å². The number of aromatic nitrogens is 1. The van der Waals surface area contributed by atoms with E-state index in [1.54, 1.807) is 36.4 Å². The fraction of sp³-hybridized carbons (Fsp3) is 0.353. The molecule has 7 heteroatoms. The lowest BCUT2D eigenvalue weighted by Crippen LogP contribution is -2.43. The van der Waals surface area contributed by atoms with Crippen LogP contribution in [-0.2, 0) is 15.6 Å². The number of aryl methyl sites for hydroxylation is 2. The van der Waals surface area contributed by atoms with Gasteiger partial charge in [0.25, 0.3) is 0 Å². The molecule has 1 atom stereocenters. The summed E-state index contributed by atoms with van der Waals surface area (Å²) in [6.45, 7) is 3.61. The second-order valence-corrected chi connectivity index (χ2v) is 8.51. The molecule has 1 unspecified atom stereocenters. The van der Waals surface area contributed by atoms with E-state index >= 15 is 0 Å². The standard InChI is InChI=1S/C17H21BrN2O3S/c1-13-7-9-15(10-8-13)24(22,23)20(3)12-17(21,11-18)16-6-4-5-14(2)19-16/h4-10,21H,11-12H2,1-3H3. The third kappa shape index (κ3) is 4.03.